The van der Waals surface area contributed by atoms with Gasteiger partial charge in [0.2, 0.25) is 5.91 Å². The van der Waals surface area contributed by atoms with Gasteiger partial charge >= 0.3 is 0 Å². The van der Waals surface area contributed by atoms with Crippen LogP contribution in [0.4, 0.5) is 0 Å². The van der Waals surface area contributed by atoms with Crippen molar-refractivity contribution in [3.63, 3.8) is 0 Å². The normalized spacial score (nSPS) is 11.6. The SMILES string of the molecule is CC(C)(C)c1ccc(Cc2nccn2CC(N)=O)cc1. The maximum Gasteiger partial charge on any atom is 0.237 e. The number of hydrogen-bond acceptors (Lipinski definition) is 2. The van der Waals surface area contributed by atoms with E-state index in [9.17, 15) is 4.79 Å². The summed E-state index contributed by atoms with van der Waals surface area (Å²) >= 11 is 0. The van der Waals surface area contributed by atoms with Crippen molar-refractivity contribution in [3.05, 3.63) is 53.6 Å². The van der Waals surface area contributed by atoms with Crippen molar-refractivity contribution in [2.24, 2.45) is 5.73 Å². The van der Waals surface area contributed by atoms with Gasteiger partial charge in [0.15, 0.2) is 0 Å². The molecule has 1 heterocycles. The molecule has 0 aliphatic carbocycles. The minimum Gasteiger partial charge on any atom is -0.368 e. The van der Waals surface area contributed by atoms with Crippen molar-refractivity contribution >= 4 is 5.91 Å². The van der Waals surface area contributed by atoms with E-state index >= 15 is 0 Å². The van der Waals surface area contributed by atoms with E-state index in [0.29, 0.717) is 6.42 Å². The van der Waals surface area contributed by atoms with E-state index in [1.165, 1.54) is 11.1 Å². The topological polar surface area (TPSA) is 60.9 Å². The third-order valence-electron chi connectivity index (χ3n) is 3.31. The second-order valence-corrected chi connectivity index (χ2v) is 6.06. The molecule has 0 bridgehead atoms. The van der Waals surface area contributed by atoms with Gasteiger partial charge in [-0.2, -0.15) is 0 Å². The van der Waals surface area contributed by atoms with Gasteiger partial charge in [0.25, 0.3) is 0 Å². The molecule has 1 aromatic heterocycles. The minimum absolute atomic E-state index is 0.156. The number of benzene rings is 1. The number of carbonyl (C=O) groups is 1. The van der Waals surface area contributed by atoms with Crippen molar-refractivity contribution in [1.29, 1.82) is 0 Å². The van der Waals surface area contributed by atoms with E-state index in [0.717, 1.165) is 5.82 Å². The molecule has 0 radical (unpaired) electrons. The third kappa shape index (κ3) is 3.47. The number of aromatic nitrogens is 2. The molecule has 0 saturated heterocycles. The summed E-state index contributed by atoms with van der Waals surface area (Å²) in [6, 6.07) is 8.53. The highest BCUT2D eigenvalue weighted by Gasteiger charge is 2.13. The summed E-state index contributed by atoms with van der Waals surface area (Å²) in [5.41, 5.74) is 7.86. The molecular formula is C16H21N3O. The number of carbonyl (C=O) groups excluding carboxylic acids is 1. The second kappa shape index (κ2) is 5.49. The van der Waals surface area contributed by atoms with Gasteiger partial charge in [-0.1, -0.05) is 45.0 Å². The van der Waals surface area contributed by atoms with Gasteiger partial charge in [-0.3, -0.25) is 4.79 Å². The summed E-state index contributed by atoms with van der Waals surface area (Å²) in [7, 11) is 0. The van der Waals surface area contributed by atoms with Crippen molar-refractivity contribution in [1.82, 2.24) is 9.55 Å². The molecule has 20 heavy (non-hydrogen) atoms. The average molecular weight is 271 g/mol. The Balaban J connectivity index is 2.15. The fourth-order valence-corrected chi connectivity index (χ4v) is 2.12. The molecule has 106 valence electrons. The molecule has 0 unspecified atom stereocenters. The Hall–Kier alpha value is -2.10. The number of nitrogens with two attached hydrogens (primary N) is 1. The molecule has 2 N–H and O–H groups in total. The fourth-order valence-electron chi connectivity index (χ4n) is 2.12. The molecule has 2 rings (SSSR count). The lowest BCUT2D eigenvalue weighted by Crippen LogP contribution is -2.19. The maximum atomic E-state index is 11.0. The first kappa shape index (κ1) is 14.3. The highest BCUT2D eigenvalue weighted by Crippen LogP contribution is 2.22. The van der Waals surface area contributed by atoms with Gasteiger partial charge < -0.3 is 10.3 Å². The van der Waals surface area contributed by atoms with E-state index in [-0.39, 0.29) is 17.9 Å². The molecule has 0 saturated carbocycles. The van der Waals surface area contributed by atoms with Crippen molar-refractivity contribution in [2.75, 3.05) is 0 Å². The molecular weight excluding hydrogens is 250 g/mol. The third-order valence-corrected chi connectivity index (χ3v) is 3.31. The van der Waals surface area contributed by atoms with Crippen LogP contribution in [0.5, 0.6) is 0 Å². The zero-order valence-corrected chi connectivity index (χ0v) is 12.3. The van der Waals surface area contributed by atoms with Crippen LogP contribution in [-0.4, -0.2) is 15.5 Å². The lowest BCUT2D eigenvalue weighted by molar-refractivity contribution is -0.118. The van der Waals surface area contributed by atoms with Crippen LogP contribution in [0.1, 0.15) is 37.7 Å². The molecule has 1 aromatic carbocycles. The first-order valence-corrected chi connectivity index (χ1v) is 6.74. The van der Waals surface area contributed by atoms with Gasteiger partial charge in [-0.05, 0) is 16.5 Å². The summed E-state index contributed by atoms with van der Waals surface area (Å²) in [4.78, 5) is 15.3. The predicted octanol–water partition coefficient (Wildman–Crippen LogP) is 2.26. The van der Waals surface area contributed by atoms with E-state index in [4.69, 9.17) is 5.73 Å². The molecule has 0 fully saturated rings. The molecule has 0 atom stereocenters. The van der Waals surface area contributed by atoms with Crippen LogP contribution in [0.25, 0.3) is 0 Å². The van der Waals surface area contributed by atoms with Crippen LogP contribution in [0.15, 0.2) is 36.7 Å². The Bertz CT molecular complexity index is 591. The summed E-state index contributed by atoms with van der Waals surface area (Å²) in [5.74, 6) is 0.500. The Kier molecular flexibility index (Phi) is 3.93. The number of imidazole rings is 1. The van der Waals surface area contributed by atoms with Gasteiger partial charge in [0.05, 0.1) is 0 Å². The monoisotopic (exact) mass is 271 g/mol. The Morgan fingerprint density at radius 2 is 1.90 bits per heavy atom. The van der Waals surface area contributed by atoms with Crippen LogP contribution < -0.4 is 5.73 Å². The first-order valence-electron chi connectivity index (χ1n) is 6.74. The lowest BCUT2D eigenvalue weighted by Gasteiger charge is -2.19. The Morgan fingerprint density at radius 1 is 1.25 bits per heavy atom. The van der Waals surface area contributed by atoms with Crippen LogP contribution in [0, 0.1) is 0 Å². The molecule has 0 aliphatic rings. The molecule has 0 aliphatic heterocycles. The van der Waals surface area contributed by atoms with Crippen molar-refractivity contribution in [3.8, 4) is 0 Å². The largest absolute Gasteiger partial charge is 0.368 e. The van der Waals surface area contributed by atoms with Gasteiger partial charge in [-0.25, -0.2) is 4.98 Å². The number of amides is 1. The van der Waals surface area contributed by atoms with Crippen LogP contribution in [0.2, 0.25) is 0 Å². The fraction of sp³-hybridized carbons (Fsp3) is 0.375. The zero-order chi connectivity index (χ0) is 14.8. The van der Waals surface area contributed by atoms with E-state index in [1.54, 1.807) is 17.0 Å². The maximum absolute atomic E-state index is 11.0. The number of nitrogens with zero attached hydrogens (tertiary/aromatic N) is 2. The standard InChI is InChI=1S/C16H21N3O/c1-16(2,3)13-6-4-12(5-7-13)10-15-18-8-9-19(15)11-14(17)20/h4-9H,10-11H2,1-3H3,(H2,17,20). The summed E-state index contributed by atoms with van der Waals surface area (Å²) in [6.45, 7) is 6.76. The van der Waals surface area contributed by atoms with Crippen molar-refractivity contribution in [2.45, 2.75) is 39.2 Å². The van der Waals surface area contributed by atoms with Crippen LogP contribution >= 0.6 is 0 Å². The van der Waals surface area contributed by atoms with E-state index < -0.39 is 0 Å². The van der Waals surface area contributed by atoms with E-state index in [2.05, 4.69) is 50.0 Å². The Morgan fingerprint density at radius 3 is 2.45 bits per heavy atom. The van der Waals surface area contributed by atoms with Crippen LogP contribution in [-0.2, 0) is 23.2 Å². The minimum atomic E-state index is -0.354. The summed E-state index contributed by atoms with van der Waals surface area (Å²) in [6.07, 6.45) is 4.18. The van der Waals surface area contributed by atoms with Gasteiger partial charge in [-0.15, -0.1) is 0 Å². The van der Waals surface area contributed by atoms with Crippen molar-refractivity contribution < 1.29 is 4.79 Å². The number of primary amides is 1. The number of rotatable bonds is 4. The highest BCUT2D eigenvalue weighted by atomic mass is 16.1. The average Bonchev–Trinajstić information content (AvgIpc) is 2.75. The highest BCUT2D eigenvalue weighted by molar-refractivity contribution is 5.73. The van der Waals surface area contributed by atoms with Gasteiger partial charge in [0.1, 0.15) is 12.4 Å². The molecule has 4 heteroatoms. The predicted molar refractivity (Wildman–Crippen MR) is 79.4 cm³/mol. The molecule has 2 aromatic rings. The molecule has 1 amide bonds. The van der Waals surface area contributed by atoms with Gasteiger partial charge in [0, 0.05) is 18.8 Å². The lowest BCUT2D eigenvalue weighted by atomic mass is 9.86. The quantitative estimate of drug-likeness (QED) is 0.927. The summed E-state index contributed by atoms with van der Waals surface area (Å²) < 4.78 is 1.79. The number of hydrogen-bond donors (Lipinski definition) is 1. The Labute approximate surface area is 119 Å². The van der Waals surface area contributed by atoms with E-state index in [1.807, 2.05) is 0 Å². The van der Waals surface area contributed by atoms with Crippen LogP contribution in [0.3, 0.4) is 0 Å². The molecule has 4 nitrogen and oxygen atoms in total. The summed E-state index contributed by atoms with van der Waals surface area (Å²) in [5, 5.41) is 0. The zero-order valence-electron chi connectivity index (χ0n) is 12.3. The second-order valence-electron chi connectivity index (χ2n) is 6.06. The molecule has 0 spiro atoms. The smallest absolute Gasteiger partial charge is 0.237 e. The first-order chi connectivity index (χ1) is 9.36.